The van der Waals surface area contributed by atoms with Crippen molar-refractivity contribution >= 4 is 0 Å². The minimum absolute atomic E-state index is 0.356. The van der Waals surface area contributed by atoms with E-state index < -0.39 is 0 Å². The molecule has 118 valence electrons. The Morgan fingerprint density at radius 3 is 2.62 bits per heavy atom. The number of likely N-dealkylation sites (tertiary alicyclic amines) is 1. The third kappa shape index (κ3) is 4.19. The highest BCUT2D eigenvalue weighted by Crippen LogP contribution is 2.23. The number of benzene rings is 1. The average Bonchev–Trinajstić information content (AvgIpc) is 2.50. The molecule has 0 bridgehead atoms. The van der Waals surface area contributed by atoms with Gasteiger partial charge in [-0.2, -0.15) is 0 Å². The first-order valence-electron chi connectivity index (χ1n) is 7.81. The smallest absolute Gasteiger partial charge is 0.125 e. The Balaban J connectivity index is 1.85. The first kappa shape index (κ1) is 16.3. The summed E-state index contributed by atoms with van der Waals surface area (Å²) in [5, 5.41) is 0. The molecule has 2 rings (SSSR count). The second-order valence-corrected chi connectivity index (χ2v) is 5.88. The average molecular weight is 292 g/mol. The zero-order valence-electron chi connectivity index (χ0n) is 13.5. The molecule has 1 aliphatic rings. The third-order valence-corrected chi connectivity index (χ3v) is 4.43. The van der Waals surface area contributed by atoms with Gasteiger partial charge in [-0.05, 0) is 37.8 Å². The molecular formula is C17H28N2O2. The van der Waals surface area contributed by atoms with Gasteiger partial charge in [0.2, 0.25) is 0 Å². The molecule has 21 heavy (non-hydrogen) atoms. The van der Waals surface area contributed by atoms with Crippen molar-refractivity contribution in [2.24, 2.45) is 5.73 Å². The molecule has 2 unspecified atom stereocenters. The lowest BCUT2D eigenvalue weighted by Crippen LogP contribution is -2.49. The van der Waals surface area contributed by atoms with E-state index in [2.05, 4.69) is 36.9 Å². The summed E-state index contributed by atoms with van der Waals surface area (Å²) >= 11 is 0. The van der Waals surface area contributed by atoms with Gasteiger partial charge >= 0.3 is 0 Å². The number of rotatable bonds is 6. The van der Waals surface area contributed by atoms with Crippen LogP contribution in [-0.4, -0.2) is 50.4 Å². The monoisotopic (exact) mass is 292 g/mol. The lowest BCUT2D eigenvalue weighted by atomic mass is 9.99. The van der Waals surface area contributed by atoms with Gasteiger partial charge in [0.25, 0.3) is 0 Å². The summed E-state index contributed by atoms with van der Waals surface area (Å²) in [6.07, 6.45) is 2.46. The fourth-order valence-corrected chi connectivity index (χ4v) is 3.11. The summed E-state index contributed by atoms with van der Waals surface area (Å²) in [4.78, 5) is 2.43. The fourth-order valence-electron chi connectivity index (χ4n) is 3.11. The Kier molecular flexibility index (Phi) is 6.03. The predicted octanol–water partition coefficient (Wildman–Crippen LogP) is 2.12. The van der Waals surface area contributed by atoms with E-state index in [9.17, 15) is 0 Å². The summed E-state index contributed by atoms with van der Waals surface area (Å²) < 4.78 is 11.5. The lowest BCUT2D eigenvalue weighted by Gasteiger charge is -2.38. The van der Waals surface area contributed by atoms with Gasteiger partial charge in [-0.1, -0.05) is 18.2 Å². The lowest BCUT2D eigenvalue weighted by molar-refractivity contribution is 0.00918. The van der Waals surface area contributed by atoms with Crippen molar-refractivity contribution in [2.75, 3.05) is 33.4 Å². The quantitative estimate of drug-likeness (QED) is 0.872. The van der Waals surface area contributed by atoms with Crippen molar-refractivity contribution in [2.45, 2.75) is 38.8 Å². The van der Waals surface area contributed by atoms with Gasteiger partial charge in [0.15, 0.2) is 0 Å². The van der Waals surface area contributed by atoms with Gasteiger partial charge in [0.1, 0.15) is 12.4 Å². The minimum Gasteiger partial charge on any atom is -0.492 e. The van der Waals surface area contributed by atoms with E-state index in [0.717, 1.165) is 31.7 Å². The molecule has 0 saturated carbocycles. The maximum absolute atomic E-state index is 6.00. The van der Waals surface area contributed by atoms with Gasteiger partial charge in [0.05, 0.1) is 6.10 Å². The molecular weight excluding hydrogens is 264 g/mol. The SMILES string of the molecule is COC1CCN(CCOc2c(C)cccc2C)C(CN)C1. The zero-order valence-corrected chi connectivity index (χ0v) is 13.5. The molecule has 4 heteroatoms. The van der Waals surface area contributed by atoms with Gasteiger partial charge in [-0.15, -0.1) is 0 Å². The van der Waals surface area contributed by atoms with E-state index in [1.807, 2.05) is 0 Å². The van der Waals surface area contributed by atoms with E-state index in [0.29, 0.717) is 25.3 Å². The highest BCUT2D eigenvalue weighted by atomic mass is 16.5. The number of para-hydroxylation sites is 1. The normalized spacial score (nSPS) is 23.2. The Morgan fingerprint density at radius 1 is 1.29 bits per heavy atom. The van der Waals surface area contributed by atoms with Crippen LogP contribution in [0.3, 0.4) is 0 Å². The van der Waals surface area contributed by atoms with Crippen molar-refractivity contribution in [3.63, 3.8) is 0 Å². The maximum Gasteiger partial charge on any atom is 0.125 e. The van der Waals surface area contributed by atoms with Gasteiger partial charge in [-0.25, -0.2) is 0 Å². The predicted molar refractivity (Wildman–Crippen MR) is 85.9 cm³/mol. The summed E-state index contributed by atoms with van der Waals surface area (Å²) in [6, 6.07) is 6.66. The standard InChI is InChI=1S/C17H28N2O2/c1-13-5-4-6-14(2)17(13)21-10-9-19-8-7-16(20-3)11-15(19)12-18/h4-6,15-16H,7-12,18H2,1-3H3. The zero-order chi connectivity index (χ0) is 15.2. The molecule has 0 aromatic heterocycles. The fraction of sp³-hybridized carbons (Fsp3) is 0.647. The summed E-state index contributed by atoms with van der Waals surface area (Å²) in [5.41, 5.74) is 8.30. The van der Waals surface area contributed by atoms with Crippen LogP contribution in [0.15, 0.2) is 18.2 Å². The van der Waals surface area contributed by atoms with Crippen LogP contribution in [0.25, 0.3) is 0 Å². The number of aryl methyl sites for hydroxylation is 2. The number of nitrogens with two attached hydrogens (primary N) is 1. The second-order valence-electron chi connectivity index (χ2n) is 5.88. The molecule has 0 spiro atoms. The molecule has 0 radical (unpaired) electrons. The molecule has 2 atom stereocenters. The number of methoxy groups -OCH3 is 1. The largest absolute Gasteiger partial charge is 0.492 e. The van der Waals surface area contributed by atoms with Gasteiger partial charge in [0, 0.05) is 32.8 Å². The number of ether oxygens (including phenoxy) is 2. The van der Waals surface area contributed by atoms with Crippen LogP contribution in [0.2, 0.25) is 0 Å². The molecule has 1 aliphatic heterocycles. The number of hydrogen-bond acceptors (Lipinski definition) is 4. The van der Waals surface area contributed by atoms with E-state index in [1.165, 1.54) is 11.1 Å². The van der Waals surface area contributed by atoms with Crippen LogP contribution in [0, 0.1) is 13.8 Å². The summed E-state index contributed by atoms with van der Waals surface area (Å²) in [6.45, 7) is 7.54. The van der Waals surface area contributed by atoms with Crippen molar-refractivity contribution in [1.82, 2.24) is 4.90 Å². The topological polar surface area (TPSA) is 47.7 Å². The van der Waals surface area contributed by atoms with E-state index in [4.69, 9.17) is 15.2 Å². The van der Waals surface area contributed by atoms with Gasteiger partial charge < -0.3 is 15.2 Å². The molecule has 1 fully saturated rings. The first-order valence-corrected chi connectivity index (χ1v) is 7.81. The Hall–Kier alpha value is -1.10. The van der Waals surface area contributed by atoms with Crippen molar-refractivity contribution in [1.29, 1.82) is 0 Å². The summed E-state index contributed by atoms with van der Waals surface area (Å²) in [7, 11) is 1.79. The van der Waals surface area contributed by atoms with E-state index in [1.54, 1.807) is 7.11 Å². The molecule has 0 aliphatic carbocycles. The van der Waals surface area contributed by atoms with Gasteiger partial charge in [-0.3, -0.25) is 4.90 Å². The maximum atomic E-state index is 6.00. The molecule has 1 heterocycles. The highest BCUT2D eigenvalue weighted by molar-refractivity contribution is 5.39. The molecule has 4 nitrogen and oxygen atoms in total. The Morgan fingerprint density at radius 2 is 2.00 bits per heavy atom. The number of piperidine rings is 1. The molecule has 1 aromatic rings. The van der Waals surface area contributed by atoms with Crippen LogP contribution in [0.4, 0.5) is 0 Å². The van der Waals surface area contributed by atoms with Crippen LogP contribution >= 0.6 is 0 Å². The van der Waals surface area contributed by atoms with Crippen LogP contribution in [0.5, 0.6) is 5.75 Å². The molecule has 0 amide bonds. The van der Waals surface area contributed by atoms with Crippen LogP contribution in [0.1, 0.15) is 24.0 Å². The third-order valence-electron chi connectivity index (χ3n) is 4.43. The Bertz CT molecular complexity index is 430. The van der Waals surface area contributed by atoms with E-state index >= 15 is 0 Å². The first-order chi connectivity index (χ1) is 10.2. The minimum atomic E-state index is 0.356. The number of hydrogen-bond donors (Lipinski definition) is 1. The Labute approximate surface area is 128 Å². The number of nitrogens with zero attached hydrogens (tertiary/aromatic N) is 1. The second kappa shape index (κ2) is 7.78. The molecule has 1 aromatic carbocycles. The highest BCUT2D eigenvalue weighted by Gasteiger charge is 2.27. The van der Waals surface area contributed by atoms with E-state index in [-0.39, 0.29) is 0 Å². The van der Waals surface area contributed by atoms with Crippen LogP contribution in [-0.2, 0) is 4.74 Å². The van der Waals surface area contributed by atoms with Crippen molar-refractivity contribution in [3.05, 3.63) is 29.3 Å². The molecule has 2 N–H and O–H groups in total. The molecule has 1 saturated heterocycles. The van der Waals surface area contributed by atoms with Crippen molar-refractivity contribution in [3.8, 4) is 5.75 Å². The van der Waals surface area contributed by atoms with Crippen molar-refractivity contribution < 1.29 is 9.47 Å². The summed E-state index contributed by atoms with van der Waals surface area (Å²) in [5.74, 6) is 1.02. The van der Waals surface area contributed by atoms with Crippen LogP contribution < -0.4 is 10.5 Å².